The Labute approximate surface area is 331 Å². The number of unbranched alkanes of at least 4 members (excludes halogenated alkanes) is 2. The number of hydrogen-bond acceptors (Lipinski definition) is 12. The molecule has 0 spiro atoms. The summed E-state index contributed by atoms with van der Waals surface area (Å²) in [5.41, 5.74) is 4.04. The normalized spacial score (nSPS) is 15.4. The molecule has 3 aromatic carbocycles. The number of amides is 4. The van der Waals surface area contributed by atoms with Crippen LogP contribution in [0.3, 0.4) is 0 Å². The Kier molecular flexibility index (Phi) is 13.6. The topological polar surface area (TPSA) is 161 Å². The highest BCUT2D eigenvalue weighted by Gasteiger charge is 2.45. The van der Waals surface area contributed by atoms with Crippen molar-refractivity contribution in [1.82, 2.24) is 20.2 Å². The van der Waals surface area contributed by atoms with Crippen LogP contribution in [0.1, 0.15) is 89.9 Å². The maximum Gasteiger partial charge on any atom is 0.264 e. The van der Waals surface area contributed by atoms with Crippen molar-refractivity contribution in [2.75, 3.05) is 42.7 Å². The maximum atomic E-state index is 13.3. The average Bonchev–Trinajstić information content (AvgIpc) is 3.45. The Morgan fingerprint density at radius 1 is 0.839 bits per heavy atom. The molecule has 294 valence electrons. The van der Waals surface area contributed by atoms with E-state index in [0.29, 0.717) is 44.6 Å². The summed E-state index contributed by atoms with van der Waals surface area (Å²) in [6.07, 6.45) is 7.24. The Bertz CT molecular complexity index is 2010. The lowest BCUT2D eigenvalue weighted by Gasteiger charge is -2.27. The summed E-state index contributed by atoms with van der Waals surface area (Å²) in [6, 6.07) is 22.4. The van der Waals surface area contributed by atoms with Crippen LogP contribution in [-0.4, -0.2) is 77.2 Å². The van der Waals surface area contributed by atoms with Crippen molar-refractivity contribution >= 4 is 47.2 Å². The second-order valence-corrected chi connectivity index (χ2v) is 14.7. The first kappa shape index (κ1) is 40.2. The van der Waals surface area contributed by atoms with E-state index in [1.807, 2.05) is 36.6 Å². The molecule has 0 bridgehead atoms. The number of benzene rings is 3. The van der Waals surface area contributed by atoms with Crippen LogP contribution in [-0.2, 0) is 26.3 Å². The molecule has 14 heteroatoms. The summed E-state index contributed by atoms with van der Waals surface area (Å²) < 4.78 is 20.8. The highest BCUT2D eigenvalue weighted by molar-refractivity contribution is 7.99. The molecule has 56 heavy (non-hydrogen) atoms. The summed E-state index contributed by atoms with van der Waals surface area (Å²) in [5.74, 6) is 0.121. The number of nitrogens with zero attached hydrogens (tertiary/aromatic N) is 3. The third-order valence-corrected chi connectivity index (χ3v) is 10.3. The van der Waals surface area contributed by atoms with Gasteiger partial charge in [-0.25, -0.2) is 9.97 Å². The third kappa shape index (κ3) is 9.84. The van der Waals surface area contributed by atoms with Crippen LogP contribution in [0.15, 0.2) is 79.0 Å². The minimum Gasteiger partial charge on any atom is -0.494 e. The highest BCUT2D eigenvalue weighted by Crippen LogP contribution is 2.34. The van der Waals surface area contributed by atoms with Crippen LogP contribution >= 0.6 is 11.9 Å². The summed E-state index contributed by atoms with van der Waals surface area (Å²) in [7, 11) is 0. The van der Waals surface area contributed by atoms with Crippen LogP contribution in [0.25, 0.3) is 0 Å². The number of aromatic nitrogens is 2. The van der Waals surface area contributed by atoms with E-state index >= 15 is 0 Å². The van der Waals surface area contributed by atoms with Crippen molar-refractivity contribution < 1.29 is 33.4 Å². The molecule has 1 saturated heterocycles. The fourth-order valence-corrected chi connectivity index (χ4v) is 6.97. The third-order valence-electron chi connectivity index (χ3n) is 9.90. The van der Waals surface area contributed by atoms with Gasteiger partial charge in [0.2, 0.25) is 17.8 Å². The molecule has 1 fully saturated rings. The number of rotatable bonds is 20. The number of piperidine rings is 1. The van der Waals surface area contributed by atoms with Gasteiger partial charge in [0, 0.05) is 49.7 Å². The van der Waals surface area contributed by atoms with Gasteiger partial charge < -0.3 is 19.5 Å². The molecular weight excluding hydrogens is 733 g/mol. The minimum atomic E-state index is -0.987. The van der Waals surface area contributed by atoms with Gasteiger partial charge in [-0.1, -0.05) is 56.1 Å². The first-order valence-electron chi connectivity index (χ1n) is 18.9. The lowest BCUT2D eigenvalue weighted by Crippen LogP contribution is -2.54. The number of ether oxygens (including phenoxy) is 3. The molecule has 3 heterocycles. The van der Waals surface area contributed by atoms with Gasteiger partial charge in [-0.15, -0.1) is 0 Å². The van der Waals surface area contributed by atoms with Crippen molar-refractivity contribution in [2.24, 2.45) is 0 Å². The molecule has 1 unspecified atom stereocenters. The summed E-state index contributed by atoms with van der Waals surface area (Å²) in [4.78, 5) is 59.8. The molecule has 4 aromatic rings. The van der Waals surface area contributed by atoms with E-state index in [9.17, 15) is 19.2 Å². The summed E-state index contributed by atoms with van der Waals surface area (Å²) in [6.45, 7) is 7.22. The van der Waals surface area contributed by atoms with Crippen LogP contribution in [0.5, 0.6) is 11.5 Å². The number of nitrogens with one attached hydrogen (secondary N) is 3. The molecule has 4 amide bonds. The van der Waals surface area contributed by atoms with E-state index in [4.69, 9.17) is 14.2 Å². The number of imide groups is 2. The zero-order valence-electron chi connectivity index (χ0n) is 32.0. The molecule has 2 aliphatic rings. The van der Waals surface area contributed by atoms with Crippen molar-refractivity contribution in [3.05, 3.63) is 107 Å². The van der Waals surface area contributed by atoms with E-state index in [1.54, 1.807) is 24.4 Å². The van der Waals surface area contributed by atoms with Crippen LogP contribution < -0.4 is 24.8 Å². The quantitative estimate of drug-likeness (QED) is 0.0506. The maximum absolute atomic E-state index is 13.3. The standard InChI is InChI=1S/C42H48N6O7S/c1-42(2,29-13-17-32(18-14-29)55-27-30-21-23-44-41(45-30)47-56-3)28-11-15-31(16-12-28)54-26-7-6-25-53-24-5-4-22-43-34-10-8-9-33-37(34)40(52)48(39(33)51)35-19-20-36(49)46-38(35)50/h8-18,21,23,35,43H,4-7,19-20,22,24-27H2,1-3H3,(H,44,45,47)(H,46,49,50). The number of anilines is 2. The smallest absolute Gasteiger partial charge is 0.264 e. The molecule has 0 saturated carbocycles. The predicted molar refractivity (Wildman–Crippen MR) is 215 cm³/mol. The monoisotopic (exact) mass is 780 g/mol. The Morgan fingerprint density at radius 2 is 1.52 bits per heavy atom. The molecule has 0 radical (unpaired) electrons. The number of carbonyl (C=O) groups is 4. The lowest BCUT2D eigenvalue weighted by atomic mass is 9.78. The fraction of sp³-hybridized carbons (Fsp3) is 0.381. The first-order valence-corrected chi connectivity index (χ1v) is 20.1. The van der Waals surface area contributed by atoms with Crippen LogP contribution in [0, 0.1) is 0 Å². The zero-order valence-corrected chi connectivity index (χ0v) is 32.8. The van der Waals surface area contributed by atoms with Gasteiger partial charge in [-0.05, 0) is 85.7 Å². The zero-order chi connectivity index (χ0) is 39.5. The van der Waals surface area contributed by atoms with E-state index < -0.39 is 29.7 Å². The van der Waals surface area contributed by atoms with Gasteiger partial charge >= 0.3 is 0 Å². The highest BCUT2D eigenvalue weighted by atomic mass is 32.2. The molecule has 6 rings (SSSR count). The predicted octanol–water partition coefficient (Wildman–Crippen LogP) is 6.54. The van der Waals surface area contributed by atoms with Gasteiger partial charge in [-0.3, -0.25) is 34.1 Å². The van der Waals surface area contributed by atoms with Gasteiger partial charge in [0.15, 0.2) is 0 Å². The summed E-state index contributed by atoms with van der Waals surface area (Å²) in [5, 5.41) is 5.49. The first-order chi connectivity index (χ1) is 27.2. The SMILES string of the molecule is CSNc1nccc(COc2ccc(C(C)(C)c3ccc(OCCCCOCCCCNc4cccc5c4C(=O)N(C4CCC(=O)NC4=O)C5=O)cc3)cc2)n1. The van der Waals surface area contributed by atoms with E-state index in [1.165, 1.54) is 23.1 Å². The van der Waals surface area contributed by atoms with Crippen molar-refractivity contribution in [1.29, 1.82) is 0 Å². The molecule has 3 N–H and O–H groups in total. The van der Waals surface area contributed by atoms with Gasteiger partial charge in [0.1, 0.15) is 24.1 Å². The molecule has 2 aliphatic heterocycles. The van der Waals surface area contributed by atoms with Crippen molar-refractivity contribution in [3.63, 3.8) is 0 Å². The second kappa shape index (κ2) is 18.9. The number of hydrogen-bond donors (Lipinski definition) is 3. The van der Waals surface area contributed by atoms with Gasteiger partial charge in [0.25, 0.3) is 11.8 Å². The minimum absolute atomic E-state index is 0.0831. The fourth-order valence-electron chi connectivity index (χ4n) is 6.69. The Morgan fingerprint density at radius 3 is 2.21 bits per heavy atom. The molecule has 0 aliphatic carbocycles. The largest absolute Gasteiger partial charge is 0.494 e. The molecule has 1 aromatic heterocycles. The van der Waals surface area contributed by atoms with Gasteiger partial charge in [0.05, 0.1) is 23.4 Å². The molecule has 13 nitrogen and oxygen atoms in total. The lowest BCUT2D eigenvalue weighted by molar-refractivity contribution is -0.136. The van der Waals surface area contributed by atoms with Gasteiger partial charge in [-0.2, -0.15) is 0 Å². The second-order valence-electron chi connectivity index (χ2n) is 14.1. The van der Waals surface area contributed by atoms with E-state index in [-0.39, 0.29) is 29.4 Å². The van der Waals surface area contributed by atoms with Crippen LogP contribution in [0.2, 0.25) is 0 Å². The summed E-state index contributed by atoms with van der Waals surface area (Å²) >= 11 is 1.44. The molecular formula is C42H48N6O7S. The Balaban J connectivity index is 0.843. The van der Waals surface area contributed by atoms with E-state index in [0.717, 1.165) is 47.8 Å². The van der Waals surface area contributed by atoms with Crippen LogP contribution in [0.4, 0.5) is 11.6 Å². The average molecular weight is 781 g/mol. The van der Waals surface area contributed by atoms with Crippen molar-refractivity contribution in [2.45, 2.75) is 70.4 Å². The number of carbonyl (C=O) groups excluding carboxylic acids is 4. The molecule has 1 atom stereocenters. The van der Waals surface area contributed by atoms with Crippen molar-refractivity contribution in [3.8, 4) is 11.5 Å². The van der Waals surface area contributed by atoms with E-state index in [2.05, 4.69) is 63.4 Å². The number of fused-ring (bicyclic) bond motifs is 1. The Hall–Kier alpha value is -5.47.